The monoisotopic (exact) mass is 405 g/mol. The Morgan fingerprint density at radius 1 is 1.00 bits per heavy atom. The normalized spacial score (nSPS) is 14.0. The van der Waals surface area contributed by atoms with Crippen molar-refractivity contribution in [3.05, 3.63) is 0 Å². The maximum absolute atomic E-state index is 12.5. The van der Waals surface area contributed by atoms with Crippen molar-refractivity contribution in [2.45, 2.75) is 44.8 Å². The summed E-state index contributed by atoms with van der Waals surface area (Å²) in [7, 11) is 0. The highest BCUT2D eigenvalue weighted by Gasteiger charge is 2.29. The minimum Gasteiger partial charge on any atom is -0.480 e. The molecule has 0 radical (unpaired) electrons. The highest BCUT2D eigenvalue weighted by molar-refractivity contribution is 7.80. The molecule has 0 spiro atoms. The molecular formula is C15H27N5O6S. The summed E-state index contributed by atoms with van der Waals surface area (Å²) >= 11 is 3.88. The number of carboxylic acids is 1. The first-order valence-corrected chi connectivity index (χ1v) is 8.86. The van der Waals surface area contributed by atoms with Crippen LogP contribution in [0.5, 0.6) is 0 Å². The van der Waals surface area contributed by atoms with E-state index in [1.54, 1.807) is 13.8 Å². The number of hydrogen-bond donors (Lipinski definition) is 7. The number of nitrogens with two attached hydrogens (primary N) is 2. The van der Waals surface area contributed by atoms with Gasteiger partial charge in [-0.1, -0.05) is 13.8 Å². The van der Waals surface area contributed by atoms with Gasteiger partial charge in [-0.05, 0) is 12.3 Å². The lowest BCUT2D eigenvalue weighted by Crippen LogP contribution is -2.57. The van der Waals surface area contributed by atoms with Gasteiger partial charge in [0.25, 0.3) is 0 Å². The molecule has 0 aromatic carbocycles. The zero-order valence-electron chi connectivity index (χ0n) is 15.2. The number of nitrogens with one attached hydrogen (secondary N) is 3. The Hall–Kier alpha value is -2.34. The zero-order chi connectivity index (χ0) is 21.1. The number of thiol groups is 1. The lowest BCUT2D eigenvalue weighted by atomic mass is 10.0. The summed E-state index contributed by atoms with van der Waals surface area (Å²) in [5.41, 5.74) is 10.6. The van der Waals surface area contributed by atoms with Crippen molar-refractivity contribution in [3.63, 3.8) is 0 Å². The Balaban J connectivity index is 5.21. The molecule has 0 aliphatic heterocycles. The van der Waals surface area contributed by atoms with Crippen LogP contribution >= 0.6 is 12.6 Å². The lowest BCUT2D eigenvalue weighted by Gasteiger charge is -2.24. The summed E-state index contributed by atoms with van der Waals surface area (Å²) < 4.78 is 0. The Morgan fingerprint density at radius 2 is 1.56 bits per heavy atom. The van der Waals surface area contributed by atoms with Gasteiger partial charge in [-0.3, -0.25) is 24.0 Å². The summed E-state index contributed by atoms with van der Waals surface area (Å²) in [4.78, 5) is 58.3. The highest BCUT2D eigenvalue weighted by atomic mass is 32.1. The molecular weight excluding hydrogens is 378 g/mol. The van der Waals surface area contributed by atoms with Crippen LogP contribution in [0.4, 0.5) is 0 Å². The summed E-state index contributed by atoms with van der Waals surface area (Å²) in [5, 5.41) is 15.5. The maximum Gasteiger partial charge on any atom is 0.322 e. The van der Waals surface area contributed by atoms with E-state index in [1.165, 1.54) is 0 Å². The van der Waals surface area contributed by atoms with E-state index in [2.05, 4.69) is 28.6 Å². The summed E-state index contributed by atoms with van der Waals surface area (Å²) in [6.45, 7) is 3.00. The standard InChI is InChI=1S/C15H27N5O6S/c1-7(2)3-9(14(25)18-5-12(22)23)20-15(26)10(4-11(17)21)19-13(24)8(16)6-27/h7-10,27H,3-6,16H2,1-2H3,(H2,17,21)(H,18,25)(H,19,24)(H,20,26)(H,22,23). The number of hydrogen-bond acceptors (Lipinski definition) is 7. The maximum atomic E-state index is 12.5. The fourth-order valence-corrected chi connectivity index (χ4v) is 2.20. The highest BCUT2D eigenvalue weighted by Crippen LogP contribution is 2.06. The van der Waals surface area contributed by atoms with Crippen molar-refractivity contribution in [2.24, 2.45) is 17.4 Å². The van der Waals surface area contributed by atoms with Crippen LogP contribution in [0.2, 0.25) is 0 Å². The van der Waals surface area contributed by atoms with Gasteiger partial charge in [-0.2, -0.15) is 12.6 Å². The van der Waals surface area contributed by atoms with Crippen molar-refractivity contribution in [1.82, 2.24) is 16.0 Å². The molecule has 154 valence electrons. The van der Waals surface area contributed by atoms with E-state index in [0.717, 1.165) is 0 Å². The van der Waals surface area contributed by atoms with Crippen LogP contribution in [-0.4, -0.2) is 65.1 Å². The van der Waals surface area contributed by atoms with Gasteiger partial charge in [0.15, 0.2) is 0 Å². The number of carboxylic acid groups (broad SMARTS) is 1. The number of primary amides is 1. The second-order valence-electron chi connectivity index (χ2n) is 6.32. The molecule has 0 aromatic heterocycles. The minimum atomic E-state index is -1.33. The first-order valence-electron chi connectivity index (χ1n) is 8.22. The van der Waals surface area contributed by atoms with Crippen molar-refractivity contribution >= 4 is 42.2 Å². The van der Waals surface area contributed by atoms with Gasteiger partial charge in [0.2, 0.25) is 23.6 Å². The molecule has 0 heterocycles. The molecule has 8 N–H and O–H groups in total. The Labute approximate surface area is 162 Å². The number of rotatable bonds is 12. The van der Waals surface area contributed by atoms with Crippen molar-refractivity contribution in [2.75, 3.05) is 12.3 Å². The van der Waals surface area contributed by atoms with Gasteiger partial charge < -0.3 is 32.5 Å². The lowest BCUT2D eigenvalue weighted by molar-refractivity contribution is -0.139. The summed E-state index contributed by atoms with van der Waals surface area (Å²) in [5.74, 6) is -4.29. The van der Waals surface area contributed by atoms with Crippen LogP contribution in [0.1, 0.15) is 26.7 Å². The van der Waals surface area contributed by atoms with Gasteiger partial charge in [-0.15, -0.1) is 0 Å². The van der Waals surface area contributed by atoms with Crippen LogP contribution in [0.25, 0.3) is 0 Å². The molecule has 0 aromatic rings. The number of amides is 4. The van der Waals surface area contributed by atoms with E-state index < -0.39 is 60.7 Å². The number of carbonyl (C=O) groups is 5. The van der Waals surface area contributed by atoms with Crippen molar-refractivity contribution in [1.29, 1.82) is 0 Å². The van der Waals surface area contributed by atoms with Crippen LogP contribution in [0, 0.1) is 5.92 Å². The third-order valence-corrected chi connectivity index (χ3v) is 3.72. The third kappa shape index (κ3) is 10.4. The number of aliphatic carboxylic acids is 1. The fraction of sp³-hybridized carbons (Fsp3) is 0.667. The third-order valence-electron chi connectivity index (χ3n) is 3.33. The quantitative estimate of drug-likeness (QED) is 0.172. The molecule has 27 heavy (non-hydrogen) atoms. The fourth-order valence-electron chi connectivity index (χ4n) is 2.03. The Bertz CT molecular complexity index is 571. The van der Waals surface area contributed by atoms with Crippen molar-refractivity contribution < 1.29 is 29.1 Å². The first kappa shape index (κ1) is 24.7. The van der Waals surface area contributed by atoms with E-state index in [4.69, 9.17) is 16.6 Å². The van der Waals surface area contributed by atoms with Gasteiger partial charge in [0.05, 0.1) is 12.5 Å². The van der Waals surface area contributed by atoms with Gasteiger partial charge >= 0.3 is 5.97 Å². The summed E-state index contributed by atoms with van der Waals surface area (Å²) in [6, 6.07) is -3.38. The predicted octanol–water partition coefficient (Wildman–Crippen LogP) is -2.66. The molecule has 12 heteroatoms. The average Bonchev–Trinajstić information content (AvgIpc) is 2.56. The van der Waals surface area contributed by atoms with Crippen LogP contribution in [0.15, 0.2) is 0 Å². The SMILES string of the molecule is CC(C)CC(NC(=O)C(CC(N)=O)NC(=O)C(N)CS)C(=O)NCC(=O)O. The Kier molecular flexibility index (Phi) is 11.1. The van der Waals surface area contributed by atoms with E-state index in [0.29, 0.717) is 0 Å². The van der Waals surface area contributed by atoms with Gasteiger partial charge in [0, 0.05) is 5.75 Å². The number of carbonyl (C=O) groups excluding carboxylic acids is 4. The molecule has 4 amide bonds. The smallest absolute Gasteiger partial charge is 0.322 e. The predicted molar refractivity (Wildman–Crippen MR) is 99.6 cm³/mol. The largest absolute Gasteiger partial charge is 0.480 e. The second kappa shape index (κ2) is 12.1. The molecule has 0 saturated carbocycles. The molecule has 3 unspecified atom stereocenters. The van der Waals surface area contributed by atoms with E-state index in [9.17, 15) is 24.0 Å². The van der Waals surface area contributed by atoms with E-state index in [-0.39, 0.29) is 18.1 Å². The second-order valence-corrected chi connectivity index (χ2v) is 6.69. The van der Waals surface area contributed by atoms with Crippen LogP contribution in [-0.2, 0) is 24.0 Å². The topological polar surface area (TPSA) is 194 Å². The van der Waals surface area contributed by atoms with Gasteiger partial charge in [-0.25, -0.2) is 0 Å². The molecule has 0 fully saturated rings. The van der Waals surface area contributed by atoms with E-state index >= 15 is 0 Å². The minimum absolute atomic E-state index is 0.00679. The molecule has 0 saturated heterocycles. The van der Waals surface area contributed by atoms with Crippen LogP contribution in [0.3, 0.4) is 0 Å². The van der Waals surface area contributed by atoms with Crippen molar-refractivity contribution in [3.8, 4) is 0 Å². The van der Waals surface area contributed by atoms with Crippen LogP contribution < -0.4 is 27.4 Å². The van der Waals surface area contributed by atoms with E-state index in [1.807, 2.05) is 0 Å². The first-order chi connectivity index (χ1) is 12.5. The average molecular weight is 405 g/mol. The molecule has 0 bridgehead atoms. The molecule has 11 nitrogen and oxygen atoms in total. The van der Waals surface area contributed by atoms with Gasteiger partial charge in [0.1, 0.15) is 18.6 Å². The molecule has 0 aliphatic carbocycles. The Morgan fingerprint density at radius 3 is 2.00 bits per heavy atom. The summed E-state index contributed by atoms with van der Waals surface area (Å²) in [6.07, 6.45) is -0.285. The zero-order valence-corrected chi connectivity index (χ0v) is 16.1. The molecule has 0 aliphatic rings. The molecule has 3 atom stereocenters. The molecule has 0 rings (SSSR count).